The van der Waals surface area contributed by atoms with E-state index in [-0.39, 0.29) is 42.6 Å². The van der Waals surface area contributed by atoms with Crippen LogP contribution < -0.4 is 11.1 Å². The summed E-state index contributed by atoms with van der Waals surface area (Å²) in [6, 6.07) is 9.13. The standard InChI is InChI=1S/C21H28N4O3S.ClH/c1-14(2)11-16(21(28)25-9-7-24(8-10-25)19(26)13-22)23-20(27)18-12-15-5-3-4-6-17(15)29-18;/h3-6,12,14,16H,7-11,13,22H2,1-2H3,(H,23,27);1H/t16-;/m0./s1. The summed E-state index contributed by atoms with van der Waals surface area (Å²) in [5, 5.41) is 3.97. The minimum absolute atomic E-state index is 0. The van der Waals surface area contributed by atoms with E-state index in [9.17, 15) is 14.4 Å². The zero-order valence-corrected chi connectivity index (χ0v) is 18.9. The van der Waals surface area contributed by atoms with Gasteiger partial charge in [-0.15, -0.1) is 23.7 Å². The molecule has 1 aromatic heterocycles. The second kappa shape index (κ2) is 10.7. The summed E-state index contributed by atoms with van der Waals surface area (Å²) >= 11 is 1.43. The molecular weight excluding hydrogens is 424 g/mol. The monoisotopic (exact) mass is 452 g/mol. The van der Waals surface area contributed by atoms with E-state index in [1.54, 1.807) is 9.80 Å². The van der Waals surface area contributed by atoms with E-state index in [1.807, 2.05) is 44.2 Å². The van der Waals surface area contributed by atoms with E-state index in [0.29, 0.717) is 37.5 Å². The van der Waals surface area contributed by atoms with Crippen LogP contribution in [-0.4, -0.2) is 66.3 Å². The van der Waals surface area contributed by atoms with Crippen LogP contribution in [0, 0.1) is 5.92 Å². The molecule has 0 radical (unpaired) electrons. The number of halogens is 1. The molecule has 164 valence electrons. The van der Waals surface area contributed by atoms with E-state index in [1.165, 1.54) is 11.3 Å². The van der Waals surface area contributed by atoms with Gasteiger partial charge in [0.2, 0.25) is 11.8 Å². The number of amides is 3. The average Bonchev–Trinajstić information content (AvgIpc) is 3.16. The maximum atomic E-state index is 13.1. The molecular formula is C21H29ClN4O3S. The van der Waals surface area contributed by atoms with Crippen molar-refractivity contribution in [2.24, 2.45) is 11.7 Å². The molecule has 3 N–H and O–H groups in total. The normalized spacial score (nSPS) is 15.1. The van der Waals surface area contributed by atoms with Gasteiger partial charge in [0.15, 0.2) is 0 Å². The van der Waals surface area contributed by atoms with Crippen molar-refractivity contribution in [2.45, 2.75) is 26.3 Å². The minimum atomic E-state index is -0.579. The van der Waals surface area contributed by atoms with Crippen molar-refractivity contribution in [3.63, 3.8) is 0 Å². The molecule has 1 atom stereocenters. The number of carbonyl (C=O) groups excluding carboxylic acids is 3. The van der Waals surface area contributed by atoms with E-state index >= 15 is 0 Å². The van der Waals surface area contributed by atoms with Crippen LogP contribution in [0.4, 0.5) is 0 Å². The molecule has 2 heterocycles. The number of rotatable bonds is 6. The van der Waals surface area contributed by atoms with Crippen molar-refractivity contribution in [2.75, 3.05) is 32.7 Å². The summed E-state index contributed by atoms with van der Waals surface area (Å²) in [7, 11) is 0. The predicted molar refractivity (Wildman–Crippen MR) is 122 cm³/mol. The number of nitrogens with zero attached hydrogens (tertiary/aromatic N) is 2. The third-order valence-electron chi connectivity index (χ3n) is 5.08. The van der Waals surface area contributed by atoms with Gasteiger partial charge in [0.05, 0.1) is 11.4 Å². The molecule has 1 aliphatic rings. The zero-order chi connectivity index (χ0) is 21.0. The lowest BCUT2D eigenvalue weighted by Crippen LogP contribution is -2.56. The van der Waals surface area contributed by atoms with Gasteiger partial charge in [0.25, 0.3) is 5.91 Å². The highest BCUT2D eigenvalue weighted by atomic mass is 35.5. The number of benzene rings is 1. The Morgan fingerprint density at radius 2 is 1.73 bits per heavy atom. The summed E-state index contributed by atoms with van der Waals surface area (Å²) in [4.78, 5) is 41.7. The number of nitrogens with one attached hydrogen (secondary N) is 1. The lowest BCUT2D eigenvalue weighted by Gasteiger charge is -2.36. The molecule has 3 amide bonds. The maximum Gasteiger partial charge on any atom is 0.262 e. The van der Waals surface area contributed by atoms with Crippen LogP contribution in [0.1, 0.15) is 29.9 Å². The molecule has 3 rings (SSSR count). The predicted octanol–water partition coefficient (Wildman–Crippen LogP) is 2.10. The van der Waals surface area contributed by atoms with Gasteiger partial charge in [-0.2, -0.15) is 0 Å². The van der Waals surface area contributed by atoms with Crippen LogP contribution in [-0.2, 0) is 9.59 Å². The molecule has 0 spiro atoms. The van der Waals surface area contributed by atoms with Gasteiger partial charge in [-0.3, -0.25) is 14.4 Å². The molecule has 9 heteroatoms. The van der Waals surface area contributed by atoms with Gasteiger partial charge in [-0.1, -0.05) is 32.0 Å². The third kappa shape index (κ3) is 5.71. The first kappa shape index (κ1) is 24.1. The largest absolute Gasteiger partial charge is 0.340 e. The third-order valence-corrected chi connectivity index (χ3v) is 6.19. The molecule has 1 saturated heterocycles. The van der Waals surface area contributed by atoms with E-state index in [2.05, 4.69) is 5.32 Å². The molecule has 30 heavy (non-hydrogen) atoms. The number of nitrogens with two attached hydrogens (primary N) is 1. The minimum Gasteiger partial charge on any atom is -0.340 e. The average molecular weight is 453 g/mol. The Hall–Kier alpha value is -2.16. The molecule has 0 aliphatic carbocycles. The number of carbonyl (C=O) groups is 3. The molecule has 0 saturated carbocycles. The molecule has 1 aliphatic heterocycles. The Morgan fingerprint density at radius 3 is 2.33 bits per heavy atom. The quantitative estimate of drug-likeness (QED) is 0.701. The summed E-state index contributed by atoms with van der Waals surface area (Å²) in [5.74, 6) is -0.157. The number of fused-ring (bicyclic) bond motifs is 1. The molecule has 2 aromatic rings. The highest BCUT2D eigenvalue weighted by Gasteiger charge is 2.30. The van der Waals surface area contributed by atoms with Crippen LogP contribution in [0.15, 0.2) is 30.3 Å². The first-order chi connectivity index (χ1) is 13.9. The number of hydrogen-bond acceptors (Lipinski definition) is 5. The van der Waals surface area contributed by atoms with Crippen molar-refractivity contribution >= 4 is 51.6 Å². The topological polar surface area (TPSA) is 95.7 Å². The number of hydrogen-bond donors (Lipinski definition) is 2. The van der Waals surface area contributed by atoms with Crippen LogP contribution in [0.25, 0.3) is 10.1 Å². The summed E-state index contributed by atoms with van der Waals surface area (Å²) in [6.07, 6.45) is 0.567. The van der Waals surface area contributed by atoms with Gasteiger partial charge in [0.1, 0.15) is 6.04 Å². The Bertz CT molecular complexity index is 860. The first-order valence-corrected chi connectivity index (χ1v) is 10.8. The fourth-order valence-corrected chi connectivity index (χ4v) is 4.51. The summed E-state index contributed by atoms with van der Waals surface area (Å²) < 4.78 is 1.05. The number of thiophene rings is 1. The number of piperazine rings is 1. The SMILES string of the molecule is CC(C)C[C@H](NC(=O)c1cc2ccccc2s1)C(=O)N1CCN(C(=O)CN)CC1.Cl. The smallest absolute Gasteiger partial charge is 0.262 e. The van der Waals surface area contributed by atoms with E-state index in [4.69, 9.17) is 5.73 Å². The van der Waals surface area contributed by atoms with Crippen molar-refractivity contribution in [1.82, 2.24) is 15.1 Å². The molecule has 1 aromatic carbocycles. The molecule has 0 bridgehead atoms. The Kier molecular flexibility index (Phi) is 8.64. The van der Waals surface area contributed by atoms with Gasteiger partial charge < -0.3 is 20.9 Å². The second-order valence-electron chi connectivity index (χ2n) is 7.71. The molecule has 1 fully saturated rings. The van der Waals surface area contributed by atoms with Gasteiger partial charge in [0, 0.05) is 30.9 Å². The maximum absolute atomic E-state index is 13.1. The fourth-order valence-electron chi connectivity index (χ4n) is 3.54. The summed E-state index contributed by atoms with van der Waals surface area (Å²) in [5.41, 5.74) is 5.42. The van der Waals surface area contributed by atoms with Crippen molar-refractivity contribution in [3.8, 4) is 0 Å². The lowest BCUT2D eigenvalue weighted by molar-refractivity contribution is -0.140. The Morgan fingerprint density at radius 1 is 1.10 bits per heavy atom. The van der Waals surface area contributed by atoms with Crippen molar-refractivity contribution in [1.29, 1.82) is 0 Å². The van der Waals surface area contributed by atoms with Crippen molar-refractivity contribution < 1.29 is 14.4 Å². The van der Waals surface area contributed by atoms with Gasteiger partial charge in [-0.25, -0.2) is 0 Å². The van der Waals surface area contributed by atoms with Crippen molar-refractivity contribution in [3.05, 3.63) is 35.2 Å². The van der Waals surface area contributed by atoms with Crippen LogP contribution >= 0.6 is 23.7 Å². The van der Waals surface area contributed by atoms with E-state index in [0.717, 1.165) is 10.1 Å². The van der Waals surface area contributed by atoms with Gasteiger partial charge >= 0.3 is 0 Å². The fraction of sp³-hybridized carbons (Fsp3) is 0.476. The second-order valence-corrected chi connectivity index (χ2v) is 8.80. The molecule has 7 nitrogen and oxygen atoms in total. The first-order valence-electron chi connectivity index (χ1n) is 9.95. The zero-order valence-electron chi connectivity index (χ0n) is 17.3. The Labute approximate surface area is 187 Å². The Balaban J connectivity index is 0.00000320. The molecule has 0 unspecified atom stereocenters. The lowest BCUT2D eigenvalue weighted by atomic mass is 10.0. The van der Waals surface area contributed by atoms with Crippen LogP contribution in [0.2, 0.25) is 0 Å². The highest BCUT2D eigenvalue weighted by molar-refractivity contribution is 7.20. The van der Waals surface area contributed by atoms with Gasteiger partial charge in [-0.05, 0) is 29.9 Å². The van der Waals surface area contributed by atoms with Crippen LogP contribution in [0.3, 0.4) is 0 Å². The highest BCUT2D eigenvalue weighted by Crippen LogP contribution is 2.25. The summed E-state index contributed by atoms with van der Waals surface area (Å²) in [6.45, 7) is 5.90. The van der Waals surface area contributed by atoms with Crippen LogP contribution in [0.5, 0.6) is 0 Å². The van der Waals surface area contributed by atoms with E-state index < -0.39 is 6.04 Å².